The third kappa shape index (κ3) is 1.97. The Morgan fingerprint density at radius 2 is 2.17 bits per heavy atom. The number of hydrogen-bond acceptors (Lipinski definition) is 3. The number of anilines is 1. The minimum Gasteiger partial charge on any atom is -0.481 e. The fourth-order valence-electron chi connectivity index (χ4n) is 2.19. The van der Waals surface area contributed by atoms with E-state index in [0.29, 0.717) is 11.3 Å². The van der Waals surface area contributed by atoms with Crippen molar-refractivity contribution in [2.75, 3.05) is 18.0 Å². The largest absolute Gasteiger partial charge is 0.481 e. The molecular formula is C13H16N2O3. The lowest BCUT2D eigenvalue weighted by atomic mass is 10.0. The summed E-state index contributed by atoms with van der Waals surface area (Å²) in [5.74, 6) is -1.97. The highest BCUT2D eigenvalue weighted by Crippen LogP contribution is 2.36. The first-order chi connectivity index (χ1) is 8.56. The van der Waals surface area contributed by atoms with Gasteiger partial charge in [0.2, 0.25) is 5.91 Å². The molecule has 3 N–H and O–H groups in total. The zero-order valence-corrected chi connectivity index (χ0v) is 10.2. The van der Waals surface area contributed by atoms with Crippen LogP contribution in [0.4, 0.5) is 5.69 Å². The van der Waals surface area contributed by atoms with Crippen molar-refractivity contribution < 1.29 is 14.7 Å². The van der Waals surface area contributed by atoms with Gasteiger partial charge in [-0.3, -0.25) is 9.59 Å². The summed E-state index contributed by atoms with van der Waals surface area (Å²) in [6, 6.07) is 7.12. The van der Waals surface area contributed by atoms with Gasteiger partial charge in [0.25, 0.3) is 0 Å². The number of carboxylic acids is 1. The van der Waals surface area contributed by atoms with Crippen molar-refractivity contribution in [3.8, 4) is 0 Å². The standard InChI is InChI=1S/C13H16N2O3/c1-8(6-14)12(16)15-7-10(13(17)18)9-4-2-3-5-11(9)15/h2-5,8,10H,6-7,14H2,1H3,(H,17,18). The molecule has 2 atom stereocenters. The number of nitrogens with two attached hydrogens (primary N) is 1. The summed E-state index contributed by atoms with van der Waals surface area (Å²) >= 11 is 0. The van der Waals surface area contributed by atoms with E-state index in [9.17, 15) is 14.7 Å². The van der Waals surface area contributed by atoms with Gasteiger partial charge in [0.1, 0.15) is 5.92 Å². The zero-order valence-electron chi connectivity index (χ0n) is 10.2. The number of carbonyl (C=O) groups is 2. The zero-order chi connectivity index (χ0) is 13.3. The third-order valence-electron chi connectivity index (χ3n) is 3.31. The molecule has 2 rings (SSSR count). The number of aliphatic carboxylic acids is 1. The van der Waals surface area contributed by atoms with Crippen LogP contribution in [0.3, 0.4) is 0 Å². The molecule has 0 fully saturated rings. The van der Waals surface area contributed by atoms with Gasteiger partial charge in [-0.2, -0.15) is 0 Å². The lowest BCUT2D eigenvalue weighted by Crippen LogP contribution is -2.37. The van der Waals surface area contributed by atoms with Crippen LogP contribution in [0.2, 0.25) is 0 Å². The number of carbonyl (C=O) groups excluding carboxylic acids is 1. The fourth-order valence-corrected chi connectivity index (χ4v) is 2.19. The predicted molar refractivity (Wildman–Crippen MR) is 67.4 cm³/mol. The van der Waals surface area contributed by atoms with Crippen LogP contribution in [0.15, 0.2) is 24.3 Å². The summed E-state index contributed by atoms with van der Waals surface area (Å²) in [6.45, 7) is 2.20. The molecule has 1 heterocycles. The normalized spacial score (nSPS) is 19.4. The third-order valence-corrected chi connectivity index (χ3v) is 3.31. The van der Waals surface area contributed by atoms with Gasteiger partial charge >= 0.3 is 5.97 Å². The van der Waals surface area contributed by atoms with Crippen LogP contribution in [0, 0.1) is 5.92 Å². The molecule has 1 amide bonds. The molecule has 5 heteroatoms. The summed E-state index contributed by atoms with van der Waals surface area (Å²) in [4.78, 5) is 24.9. The van der Waals surface area contributed by atoms with Gasteiger partial charge in [0.05, 0.1) is 0 Å². The van der Waals surface area contributed by atoms with Gasteiger partial charge in [-0.15, -0.1) is 0 Å². The van der Waals surface area contributed by atoms with Gasteiger partial charge in [-0.1, -0.05) is 25.1 Å². The Bertz CT molecular complexity index is 487. The van der Waals surface area contributed by atoms with Crippen molar-refractivity contribution in [3.63, 3.8) is 0 Å². The number of amides is 1. The van der Waals surface area contributed by atoms with Crippen LogP contribution < -0.4 is 10.6 Å². The maximum absolute atomic E-state index is 12.2. The lowest BCUT2D eigenvalue weighted by Gasteiger charge is -2.20. The molecule has 1 aliphatic rings. The molecule has 0 radical (unpaired) electrons. The molecule has 5 nitrogen and oxygen atoms in total. The maximum atomic E-state index is 12.2. The van der Waals surface area contributed by atoms with Crippen LogP contribution in [-0.4, -0.2) is 30.1 Å². The highest BCUT2D eigenvalue weighted by molar-refractivity contribution is 6.00. The van der Waals surface area contributed by atoms with Crippen molar-refractivity contribution in [1.29, 1.82) is 0 Å². The second-order valence-electron chi connectivity index (χ2n) is 4.54. The molecule has 0 spiro atoms. The minimum absolute atomic E-state index is 0.117. The molecule has 1 aliphatic heterocycles. The Kier molecular flexibility index (Phi) is 3.34. The van der Waals surface area contributed by atoms with E-state index in [1.807, 2.05) is 0 Å². The highest BCUT2D eigenvalue weighted by Gasteiger charge is 2.37. The van der Waals surface area contributed by atoms with Crippen LogP contribution in [-0.2, 0) is 9.59 Å². The summed E-state index contributed by atoms with van der Waals surface area (Å²) < 4.78 is 0. The number of rotatable bonds is 3. The van der Waals surface area contributed by atoms with E-state index in [1.54, 1.807) is 31.2 Å². The Balaban J connectivity index is 2.37. The number of hydrogen-bond donors (Lipinski definition) is 2. The summed E-state index contributed by atoms with van der Waals surface area (Å²) in [5, 5.41) is 9.19. The summed E-state index contributed by atoms with van der Waals surface area (Å²) in [6.07, 6.45) is 0. The molecule has 0 aliphatic carbocycles. The van der Waals surface area contributed by atoms with E-state index in [0.717, 1.165) is 0 Å². The van der Waals surface area contributed by atoms with Crippen molar-refractivity contribution in [3.05, 3.63) is 29.8 Å². The molecule has 0 bridgehead atoms. The molecule has 0 aromatic heterocycles. The highest BCUT2D eigenvalue weighted by atomic mass is 16.4. The van der Waals surface area contributed by atoms with E-state index in [1.165, 1.54) is 4.90 Å². The van der Waals surface area contributed by atoms with Crippen LogP contribution >= 0.6 is 0 Å². The van der Waals surface area contributed by atoms with Gasteiger partial charge in [-0.25, -0.2) is 0 Å². The first kappa shape index (κ1) is 12.6. The molecule has 2 unspecified atom stereocenters. The van der Waals surface area contributed by atoms with E-state index in [4.69, 9.17) is 5.73 Å². The second kappa shape index (κ2) is 4.78. The number of benzene rings is 1. The average Bonchev–Trinajstić information content (AvgIpc) is 2.76. The van der Waals surface area contributed by atoms with E-state index < -0.39 is 11.9 Å². The Morgan fingerprint density at radius 3 is 2.78 bits per heavy atom. The van der Waals surface area contributed by atoms with Crippen LogP contribution in [0.5, 0.6) is 0 Å². The van der Waals surface area contributed by atoms with Gasteiger partial charge in [0, 0.05) is 24.7 Å². The molecule has 0 saturated carbocycles. The monoisotopic (exact) mass is 248 g/mol. The van der Waals surface area contributed by atoms with Crippen molar-refractivity contribution in [1.82, 2.24) is 0 Å². The number of fused-ring (bicyclic) bond motifs is 1. The van der Waals surface area contributed by atoms with Gasteiger partial charge in [-0.05, 0) is 11.6 Å². The Hall–Kier alpha value is -1.88. The van der Waals surface area contributed by atoms with Gasteiger partial charge < -0.3 is 15.7 Å². The van der Waals surface area contributed by atoms with Crippen molar-refractivity contribution in [2.45, 2.75) is 12.8 Å². The van der Waals surface area contributed by atoms with E-state index in [2.05, 4.69) is 0 Å². The van der Waals surface area contributed by atoms with Crippen LogP contribution in [0.1, 0.15) is 18.4 Å². The van der Waals surface area contributed by atoms with Crippen molar-refractivity contribution in [2.24, 2.45) is 11.7 Å². The average molecular weight is 248 g/mol. The molecule has 18 heavy (non-hydrogen) atoms. The Labute approximate surface area is 105 Å². The first-order valence-electron chi connectivity index (χ1n) is 5.89. The predicted octanol–water partition coefficient (Wildman–Crippen LogP) is 0.796. The van der Waals surface area contributed by atoms with Crippen LogP contribution in [0.25, 0.3) is 0 Å². The van der Waals surface area contributed by atoms with E-state index in [-0.39, 0.29) is 24.9 Å². The maximum Gasteiger partial charge on any atom is 0.312 e. The molecule has 0 saturated heterocycles. The van der Waals surface area contributed by atoms with Crippen molar-refractivity contribution >= 4 is 17.6 Å². The number of carboxylic acid groups (broad SMARTS) is 1. The SMILES string of the molecule is CC(CN)C(=O)N1CC(C(=O)O)c2ccccc21. The quantitative estimate of drug-likeness (QED) is 0.828. The molecule has 1 aromatic rings. The first-order valence-corrected chi connectivity index (χ1v) is 5.89. The van der Waals surface area contributed by atoms with E-state index >= 15 is 0 Å². The number of para-hydroxylation sites is 1. The summed E-state index contributed by atoms with van der Waals surface area (Å²) in [5.41, 5.74) is 6.88. The molecule has 96 valence electrons. The second-order valence-corrected chi connectivity index (χ2v) is 4.54. The molecule has 1 aromatic carbocycles. The number of nitrogens with zero attached hydrogens (tertiary/aromatic N) is 1. The molecular weight excluding hydrogens is 232 g/mol. The summed E-state index contributed by atoms with van der Waals surface area (Å²) in [7, 11) is 0. The topological polar surface area (TPSA) is 83.6 Å². The minimum atomic E-state index is -0.904. The lowest BCUT2D eigenvalue weighted by molar-refractivity contribution is -0.138. The fraction of sp³-hybridized carbons (Fsp3) is 0.385. The Morgan fingerprint density at radius 1 is 1.50 bits per heavy atom. The van der Waals surface area contributed by atoms with Gasteiger partial charge in [0.15, 0.2) is 0 Å². The smallest absolute Gasteiger partial charge is 0.312 e.